The fourth-order valence-electron chi connectivity index (χ4n) is 1.80. The molecular formula is C12H22SSe. The number of thiol groups is 1. The molecule has 0 amide bonds. The van der Waals surface area contributed by atoms with Gasteiger partial charge in [-0.15, -0.1) is 0 Å². The van der Waals surface area contributed by atoms with Crippen LogP contribution in [0.1, 0.15) is 46.0 Å². The van der Waals surface area contributed by atoms with Gasteiger partial charge < -0.3 is 0 Å². The van der Waals surface area contributed by atoms with Gasteiger partial charge in [-0.05, 0) is 0 Å². The van der Waals surface area contributed by atoms with Crippen LogP contribution >= 0.6 is 12.6 Å². The van der Waals surface area contributed by atoms with Gasteiger partial charge in [0.2, 0.25) is 0 Å². The predicted molar refractivity (Wildman–Crippen MR) is 69.0 cm³/mol. The molecule has 0 aromatic carbocycles. The summed E-state index contributed by atoms with van der Waals surface area (Å²) >= 11 is 5.24. The van der Waals surface area contributed by atoms with Crippen LogP contribution in [0.15, 0.2) is 9.88 Å². The van der Waals surface area contributed by atoms with Crippen molar-refractivity contribution in [2.75, 3.05) is 0 Å². The van der Waals surface area contributed by atoms with Crippen LogP contribution < -0.4 is 0 Å². The van der Waals surface area contributed by atoms with Crippen molar-refractivity contribution in [1.82, 2.24) is 0 Å². The van der Waals surface area contributed by atoms with Crippen molar-refractivity contribution >= 4 is 27.6 Å². The van der Waals surface area contributed by atoms with E-state index in [0.717, 1.165) is 11.8 Å². The standard InChI is InChI=1S/C12H22SSe/c1-10(2)9-14-12(13)8-11-6-4-3-5-7-11/h8,10-11,13H,3-7,9H2,1-2H3/b12-8-. The second-order valence-corrected chi connectivity index (χ2v) is 8.00. The number of allylic oxidation sites excluding steroid dienone is 1. The van der Waals surface area contributed by atoms with E-state index in [1.54, 1.807) is 0 Å². The molecule has 0 heterocycles. The van der Waals surface area contributed by atoms with Gasteiger partial charge in [-0.25, -0.2) is 0 Å². The van der Waals surface area contributed by atoms with Gasteiger partial charge in [0.1, 0.15) is 0 Å². The van der Waals surface area contributed by atoms with Gasteiger partial charge in [0.15, 0.2) is 0 Å². The summed E-state index contributed by atoms with van der Waals surface area (Å²) in [6.07, 6.45) is 9.57. The predicted octanol–water partition coefficient (Wildman–Crippen LogP) is 4.12. The van der Waals surface area contributed by atoms with Crippen LogP contribution in [0.25, 0.3) is 0 Å². The van der Waals surface area contributed by atoms with Crippen LogP contribution in [0.2, 0.25) is 5.32 Å². The Kier molecular flexibility index (Phi) is 6.32. The summed E-state index contributed by atoms with van der Waals surface area (Å²) in [7, 11) is 0. The summed E-state index contributed by atoms with van der Waals surface area (Å²) in [5.41, 5.74) is 0. The summed E-state index contributed by atoms with van der Waals surface area (Å²) in [6, 6.07) is 0. The van der Waals surface area contributed by atoms with Crippen LogP contribution in [0.5, 0.6) is 0 Å². The monoisotopic (exact) mass is 278 g/mol. The Labute approximate surface area is 100 Å². The molecule has 0 aromatic heterocycles. The normalized spacial score (nSPS) is 20.4. The van der Waals surface area contributed by atoms with E-state index < -0.39 is 0 Å². The van der Waals surface area contributed by atoms with E-state index in [1.807, 2.05) is 0 Å². The van der Waals surface area contributed by atoms with Crippen molar-refractivity contribution in [1.29, 1.82) is 0 Å². The third kappa shape index (κ3) is 5.48. The summed E-state index contributed by atoms with van der Waals surface area (Å²) in [4.78, 5) is 0. The topological polar surface area (TPSA) is 0 Å². The van der Waals surface area contributed by atoms with Crippen LogP contribution in [-0.4, -0.2) is 15.0 Å². The minimum absolute atomic E-state index is 0.634. The number of rotatable bonds is 4. The molecule has 82 valence electrons. The fraction of sp³-hybridized carbons (Fsp3) is 0.833. The first-order chi connectivity index (χ1) is 6.68. The van der Waals surface area contributed by atoms with E-state index >= 15 is 0 Å². The van der Waals surface area contributed by atoms with Crippen molar-refractivity contribution in [3.8, 4) is 0 Å². The molecule has 0 spiro atoms. The molecule has 14 heavy (non-hydrogen) atoms. The van der Waals surface area contributed by atoms with Gasteiger partial charge in [0, 0.05) is 0 Å². The first-order valence-corrected chi connectivity index (χ1v) is 8.23. The van der Waals surface area contributed by atoms with E-state index in [-0.39, 0.29) is 0 Å². The Balaban J connectivity index is 2.26. The molecule has 1 aliphatic rings. The molecule has 1 rings (SSSR count). The van der Waals surface area contributed by atoms with Gasteiger partial charge >= 0.3 is 101 Å². The first kappa shape index (κ1) is 12.7. The molecule has 1 fully saturated rings. The van der Waals surface area contributed by atoms with Crippen molar-refractivity contribution in [2.24, 2.45) is 11.8 Å². The van der Waals surface area contributed by atoms with Crippen LogP contribution in [0.4, 0.5) is 0 Å². The molecule has 0 unspecified atom stereocenters. The second kappa shape index (κ2) is 6.98. The molecule has 0 nitrogen and oxygen atoms in total. The molecule has 0 aromatic rings. The third-order valence-corrected chi connectivity index (χ3v) is 6.07. The summed E-state index contributed by atoms with van der Waals surface area (Å²) < 4.78 is 1.39. The zero-order valence-electron chi connectivity index (χ0n) is 9.33. The number of hydrogen-bond acceptors (Lipinski definition) is 1. The average Bonchev–Trinajstić information content (AvgIpc) is 2.16. The molecule has 0 aliphatic heterocycles. The van der Waals surface area contributed by atoms with Crippen molar-refractivity contribution in [2.45, 2.75) is 51.3 Å². The van der Waals surface area contributed by atoms with E-state index in [4.69, 9.17) is 0 Å². The molecular weight excluding hydrogens is 255 g/mol. The third-order valence-electron chi connectivity index (χ3n) is 2.59. The van der Waals surface area contributed by atoms with Crippen molar-refractivity contribution in [3.63, 3.8) is 0 Å². The van der Waals surface area contributed by atoms with E-state index in [9.17, 15) is 0 Å². The van der Waals surface area contributed by atoms with Crippen LogP contribution in [0.3, 0.4) is 0 Å². The Morgan fingerprint density at radius 2 is 2.00 bits per heavy atom. The van der Waals surface area contributed by atoms with Gasteiger partial charge in [-0.2, -0.15) is 0 Å². The van der Waals surface area contributed by atoms with Gasteiger partial charge in [0.05, 0.1) is 0 Å². The summed E-state index contributed by atoms with van der Waals surface area (Å²) in [6.45, 7) is 4.59. The fourth-order valence-corrected chi connectivity index (χ4v) is 4.06. The Hall–Kier alpha value is 0.609. The maximum atomic E-state index is 4.60. The SMILES string of the molecule is CC(C)C[Se]/C(S)=C\C1CCCCC1. The molecule has 1 aliphatic carbocycles. The van der Waals surface area contributed by atoms with E-state index in [0.29, 0.717) is 15.0 Å². The number of hydrogen-bond donors (Lipinski definition) is 1. The Morgan fingerprint density at radius 3 is 2.57 bits per heavy atom. The first-order valence-electron chi connectivity index (χ1n) is 5.72. The molecule has 2 heteroatoms. The quantitative estimate of drug-likeness (QED) is 0.580. The minimum atomic E-state index is 0.634. The van der Waals surface area contributed by atoms with Gasteiger partial charge in [-0.3, -0.25) is 0 Å². The molecule has 0 radical (unpaired) electrons. The van der Waals surface area contributed by atoms with Gasteiger partial charge in [-0.1, -0.05) is 0 Å². The maximum absolute atomic E-state index is 4.60. The molecule has 0 saturated heterocycles. The van der Waals surface area contributed by atoms with E-state index in [1.165, 1.54) is 41.2 Å². The van der Waals surface area contributed by atoms with Crippen LogP contribution in [-0.2, 0) is 0 Å². The molecule has 0 bridgehead atoms. The van der Waals surface area contributed by atoms with E-state index in [2.05, 4.69) is 32.6 Å². The van der Waals surface area contributed by atoms with Crippen molar-refractivity contribution in [3.05, 3.63) is 9.88 Å². The zero-order valence-corrected chi connectivity index (χ0v) is 11.9. The molecule has 1 saturated carbocycles. The van der Waals surface area contributed by atoms with Gasteiger partial charge in [0.25, 0.3) is 0 Å². The summed E-state index contributed by atoms with van der Waals surface area (Å²) in [5, 5.41) is 1.34. The molecule has 0 N–H and O–H groups in total. The summed E-state index contributed by atoms with van der Waals surface area (Å²) in [5.74, 6) is 1.68. The van der Waals surface area contributed by atoms with Crippen molar-refractivity contribution < 1.29 is 0 Å². The Bertz CT molecular complexity index is 181. The average molecular weight is 277 g/mol. The van der Waals surface area contributed by atoms with Crippen LogP contribution in [0, 0.1) is 11.8 Å². The molecule has 0 atom stereocenters. The Morgan fingerprint density at radius 1 is 1.36 bits per heavy atom. The second-order valence-electron chi connectivity index (χ2n) is 4.61. The zero-order chi connectivity index (χ0) is 10.4.